The summed E-state index contributed by atoms with van der Waals surface area (Å²) in [5, 5.41) is 0. The van der Waals surface area contributed by atoms with E-state index < -0.39 is 11.4 Å². The lowest BCUT2D eigenvalue weighted by Crippen LogP contribution is -1.96. The first-order valence-corrected chi connectivity index (χ1v) is 4.04. The maximum atomic E-state index is 9.85. The monoisotopic (exact) mass is 152 g/mol. The van der Waals surface area contributed by atoms with Gasteiger partial charge in [-0.1, -0.05) is 19.8 Å². The van der Waals surface area contributed by atoms with E-state index in [9.17, 15) is 4.21 Å². The first-order valence-electron chi connectivity index (χ1n) is 3.01. The number of rotatable bonds is 5. The Bertz CT molecular complexity index is 84.3. The molecular formula is C5H12O3S. The van der Waals surface area contributed by atoms with Crippen LogP contribution in [0.3, 0.4) is 0 Å². The van der Waals surface area contributed by atoms with E-state index in [-0.39, 0.29) is 0 Å². The smallest absolute Gasteiger partial charge is 0.284 e. The van der Waals surface area contributed by atoms with Crippen molar-refractivity contribution in [1.29, 1.82) is 0 Å². The Balaban J connectivity index is 2.83. The number of unbranched alkanes of at least 4 members (excludes halogenated alkanes) is 2. The third-order valence-electron chi connectivity index (χ3n) is 0.932. The van der Waals surface area contributed by atoms with Gasteiger partial charge in [-0.15, -0.1) is 0 Å². The molecule has 1 atom stereocenters. The van der Waals surface area contributed by atoms with Gasteiger partial charge in [0.2, 0.25) is 0 Å². The fraction of sp³-hybridized carbons (Fsp3) is 1.00. The fourth-order valence-electron chi connectivity index (χ4n) is 0.482. The standard InChI is InChI=1S/C5H12O3S/c1-2-3-4-5-8-9(6)7/h2-5H2,1H3,(H,6,7). The maximum absolute atomic E-state index is 9.85. The summed E-state index contributed by atoms with van der Waals surface area (Å²) in [7, 11) is 0. The van der Waals surface area contributed by atoms with Gasteiger partial charge in [-0.05, 0) is 6.42 Å². The van der Waals surface area contributed by atoms with Gasteiger partial charge in [0, 0.05) is 0 Å². The molecule has 4 heteroatoms. The van der Waals surface area contributed by atoms with Crippen molar-refractivity contribution in [3.8, 4) is 0 Å². The van der Waals surface area contributed by atoms with Gasteiger partial charge in [-0.3, -0.25) is 8.74 Å². The Morgan fingerprint density at radius 3 is 2.67 bits per heavy atom. The minimum atomic E-state index is -2.07. The molecule has 0 saturated heterocycles. The summed E-state index contributed by atoms with van der Waals surface area (Å²) in [6.45, 7) is 2.45. The van der Waals surface area contributed by atoms with Gasteiger partial charge < -0.3 is 0 Å². The van der Waals surface area contributed by atoms with Crippen LogP contribution in [0.5, 0.6) is 0 Å². The van der Waals surface area contributed by atoms with Crippen LogP contribution in [-0.4, -0.2) is 15.4 Å². The Hall–Kier alpha value is 0.0700. The van der Waals surface area contributed by atoms with Crippen LogP contribution in [0.2, 0.25) is 0 Å². The van der Waals surface area contributed by atoms with Gasteiger partial charge in [0.25, 0.3) is 0 Å². The minimum absolute atomic E-state index is 0.386. The van der Waals surface area contributed by atoms with Gasteiger partial charge in [-0.25, -0.2) is 0 Å². The van der Waals surface area contributed by atoms with Crippen molar-refractivity contribution in [3.63, 3.8) is 0 Å². The van der Waals surface area contributed by atoms with Gasteiger partial charge in [0.15, 0.2) is 0 Å². The normalized spacial score (nSPS) is 13.6. The zero-order chi connectivity index (χ0) is 7.11. The molecule has 0 rings (SSSR count). The second kappa shape index (κ2) is 6.19. The Morgan fingerprint density at radius 1 is 1.56 bits per heavy atom. The van der Waals surface area contributed by atoms with E-state index in [4.69, 9.17) is 4.55 Å². The highest BCUT2D eigenvalue weighted by Gasteiger charge is 1.90. The van der Waals surface area contributed by atoms with Crippen molar-refractivity contribution in [1.82, 2.24) is 0 Å². The lowest BCUT2D eigenvalue weighted by molar-refractivity contribution is 0.298. The zero-order valence-corrected chi connectivity index (χ0v) is 6.32. The first-order chi connectivity index (χ1) is 4.27. The summed E-state index contributed by atoms with van der Waals surface area (Å²) in [6, 6.07) is 0. The summed E-state index contributed by atoms with van der Waals surface area (Å²) in [4.78, 5) is 0. The van der Waals surface area contributed by atoms with Crippen LogP contribution >= 0.6 is 0 Å². The highest BCUT2D eigenvalue weighted by atomic mass is 32.2. The summed E-state index contributed by atoms with van der Waals surface area (Å²) < 4.78 is 22.3. The molecule has 0 spiro atoms. The lowest BCUT2D eigenvalue weighted by Gasteiger charge is -1.94. The molecule has 1 N–H and O–H groups in total. The third-order valence-corrected chi connectivity index (χ3v) is 1.30. The summed E-state index contributed by atoms with van der Waals surface area (Å²) in [5.41, 5.74) is 0. The van der Waals surface area contributed by atoms with Crippen molar-refractivity contribution in [2.75, 3.05) is 6.61 Å². The molecule has 0 heterocycles. The number of hydrogen-bond acceptors (Lipinski definition) is 2. The molecule has 0 aromatic rings. The average Bonchev–Trinajstić information content (AvgIpc) is 1.80. The van der Waals surface area contributed by atoms with Crippen molar-refractivity contribution in [2.24, 2.45) is 0 Å². The van der Waals surface area contributed by atoms with Crippen molar-refractivity contribution in [3.05, 3.63) is 0 Å². The third kappa shape index (κ3) is 8.07. The van der Waals surface area contributed by atoms with Gasteiger partial charge in [-0.2, -0.15) is 4.21 Å². The molecule has 0 fully saturated rings. The second-order valence-electron chi connectivity index (χ2n) is 1.75. The van der Waals surface area contributed by atoms with E-state index in [1.165, 1.54) is 0 Å². The van der Waals surface area contributed by atoms with E-state index in [1.54, 1.807) is 0 Å². The molecule has 0 bridgehead atoms. The van der Waals surface area contributed by atoms with Crippen LogP contribution in [0.25, 0.3) is 0 Å². The van der Waals surface area contributed by atoms with E-state index >= 15 is 0 Å². The molecule has 0 aromatic carbocycles. The first kappa shape index (κ1) is 9.07. The molecule has 0 aliphatic carbocycles. The van der Waals surface area contributed by atoms with Crippen LogP contribution in [0, 0.1) is 0 Å². The van der Waals surface area contributed by atoms with Crippen molar-refractivity contribution < 1.29 is 12.9 Å². The molecule has 0 aliphatic heterocycles. The van der Waals surface area contributed by atoms with E-state index in [0.29, 0.717) is 6.61 Å². The fourth-order valence-corrected chi connectivity index (χ4v) is 0.743. The number of hydrogen-bond donors (Lipinski definition) is 1. The van der Waals surface area contributed by atoms with Crippen LogP contribution in [0.1, 0.15) is 26.2 Å². The van der Waals surface area contributed by atoms with Crippen molar-refractivity contribution >= 4 is 11.4 Å². The molecule has 9 heavy (non-hydrogen) atoms. The Labute approximate surface area is 57.9 Å². The molecule has 0 aliphatic rings. The van der Waals surface area contributed by atoms with E-state index in [0.717, 1.165) is 19.3 Å². The van der Waals surface area contributed by atoms with Crippen LogP contribution in [-0.2, 0) is 15.5 Å². The summed E-state index contributed by atoms with van der Waals surface area (Å²) >= 11 is -2.07. The zero-order valence-electron chi connectivity index (χ0n) is 5.50. The molecule has 3 nitrogen and oxygen atoms in total. The van der Waals surface area contributed by atoms with Gasteiger partial charge >= 0.3 is 11.4 Å². The highest BCUT2D eigenvalue weighted by molar-refractivity contribution is 7.74. The van der Waals surface area contributed by atoms with Crippen LogP contribution < -0.4 is 0 Å². The Morgan fingerprint density at radius 2 is 2.22 bits per heavy atom. The molecular weight excluding hydrogens is 140 g/mol. The lowest BCUT2D eigenvalue weighted by atomic mass is 10.3. The van der Waals surface area contributed by atoms with Crippen LogP contribution in [0.15, 0.2) is 0 Å². The molecule has 0 radical (unpaired) electrons. The molecule has 0 aromatic heterocycles. The Kier molecular flexibility index (Phi) is 6.24. The second-order valence-corrected chi connectivity index (χ2v) is 2.42. The molecule has 0 saturated carbocycles. The molecule has 0 amide bonds. The summed E-state index contributed by atoms with van der Waals surface area (Å²) in [6.07, 6.45) is 3.02. The average molecular weight is 152 g/mol. The predicted molar refractivity (Wildman–Crippen MR) is 36.2 cm³/mol. The van der Waals surface area contributed by atoms with Crippen LogP contribution in [0.4, 0.5) is 0 Å². The quantitative estimate of drug-likeness (QED) is 0.477. The van der Waals surface area contributed by atoms with Gasteiger partial charge in [0.05, 0.1) is 6.61 Å². The largest absolute Gasteiger partial charge is 0.301 e. The van der Waals surface area contributed by atoms with E-state index in [2.05, 4.69) is 11.1 Å². The molecule has 56 valence electrons. The van der Waals surface area contributed by atoms with E-state index in [1.807, 2.05) is 0 Å². The highest BCUT2D eigenvalue weighted by Crippen LogP contribution is 1.94. The SMILES string of the molecule is CCCCCOS(=O)O. The minimum Gasteiger partial charge on any atom is -0.284 e. The summed E-state index contributed by atoms with van der Waals surface area (Å²) in [5.74, 6) is 0. The maximum Gasteiger partial charge on any atom is 0.301 e. The topological polar surface area (TPSA) is 46.5 Å². The van der Waals surface area contributed by atoms with Gasteiger partial charge in [0.1, 0.15) is 0 Å². The molecule has 1 unspecified atom stereocenters. The predicted octanol–water partition coefficient (Wildman–Crippen LogP) is 1.33. The van der Waals surface area contributed by atoms with Crippen molar-refractivity contribution in [2.45, 2.75) is 26.2 Å².